The van der Waals surface area contributed by atoms with Gasteiger partial charge in [-0.1, -0.05) is 30.2 Å². The van der Waals surface area contributed by atoms with Crippen LogP contribution < -0.4 is 4.74 Å². The van der Waals surface area contributed by atoms with E-state index in [0.717, 1.165) is 5.75 Å². The maximum atomic E-state index is 5.71. The van der Waals surface area contributed by atoms with Crippen LogP contribution in [-0.4, -0.2) is 8.80 Å². The van der Waals surface area contributed by atoms with Crippen molar-refractivity contribution in [2.75, 3.05) is 0 Å². The van der Waals surface area contributed by atoms with E-state index in [1.54, 1.807) is 24.3 Å². The molecule has 0 spiro atoms. The fraction of sp³-hybridized carbons (Fsp3) is 0.200. The van der Waals surface area contributed by atoms with Gasteiger partial charge in [0, 0.05) is 5.02 Å². The van der Waals surface area contributed by atoms with E-state index in [0.29, 0.717) is 5.02 Å². The second kappa shape index (κ2) is 4.96. The van der Waals surface area contributed by atoms with Crippen LogP contribution in [0.3, 0.4) is 0 Å². The molecule has 0 heterocycles. The quantitative estimate of drug-likeness (QED) is 0.511. The van der Waals surface area contributed by atoms with Gasteiger partial charge in [-0.25, -0.2) is 0 Å². The smallest absolute Gasteiger partial charge is 0.142 e. The Kier molecular flexibility index (Phi) is 3.88. The summed E-state index contributed by atoms with van der Waals surface area (Å²) in [4.78, 5) is 0. The fourth-order valence-corrected chi connectivity index (χ4v) is 1.07. The van der Waals surface area contributed by atoms with E-state index in [1.165, 1.54) is 0 Å². The Morgan fingerprint density at radius 3 is 2.38 bits per heavy atom. The standard InChI is InChI=1S/C10H10ClOSi/c1-13(2)8-7-12-10-5-3-9(11)4-6-10/h3-6H,1-2H3. The molecule has 1 aromatic rings. The predicted molar refractivity (Wildman–Crippen MR) is 57.3 cm³/mol. The molecule has 0 aromatic heterocycles. The van der Waals surface area contributed by atoms with Crippen molar-refractivity contribution in [2.45, 2.75) is 13.1 Å². The molecule has 0 N–H and O–H groups in total. The molecule has 1 nitrogen and oxygen atoms in total. The number of ether oxygens (including phenoxy) is 1. The van der Waals surface area contributed by atoms with E-state index in [9.17, 15) is 0 Å². The molecule has 0 unspecified atom stereocenters. The van der Waals surface area contributed by atoms with E-state index in [2.05, 4.69) is 24.7 Å². The third-order valence-electron chi connectivity index (χ3n) is 1.28. The fourth-order valence-electron chi connectivity index (χ4n) is 0.689. The average molecular weight is 210 g/mol. The van der Waals surface area contributed by atoms with Crippen molar-refractivity contribution in [3.8, 4) is 17.4 Å². The zero-order valence-corrected chi connectivity index (χ0v) is 9.35. The van der Waals surface area contributed by atoms with Crippen LogP contribution in [0.25, 0.3) is 0 Å². The van der Waals surface area contributed by atoms with E-state index in [-0.39, 0.29) is 0 Å². The molecule has 0 amide bonds. The van der Waals surface area contributed by atoms with Gasteiger partial charge in [-0.05, 0) is 24.3 Å². The summed E-state index contributed by atoms with van der Waals surface area (Å²) in [5.41, 5.74) is 3.01. The topological polar surface area (TPSA) is 9.23 Å². The summed E-state index contributed by atoms with van der Waals surface area (Å²) in [6, 6.07) is 7.16. The first-order valence-corrected chi connectivity index (χ1v) is 6.80. The van der Waals surface area contributed by atoms with Gasteiger partial charge in [0.05, 0.1) is 0 Å². The van der Waals surface area contributed by atoms with Gasteiger partial charge in [-0.2, -0.15) is 0 Å². The Morgan fingerprint density at radius 2 is 1.85 bits per heavy atom. The van der Waals surface area contributed by atoms with Crippen molar-refractivity contribution in [1.29, 1.82) is 0 Å². The molecule has 1 rings (SSSR count). The molecule has 1 aromatic carbocycles. The lowest BCUT2D eigenvalue weighted by molar-refractivity contribution is 0.520. The van der Waals surface area contributed by atoms with Gasteiger partial charge in [-0.3, -0.25) is 0 Å². The molecule has 0 bridgehead atoms. The highest BCUT2D eigenvalue weighted by Crippen LogP contribution is 2.14. The zero-order valence-electron chi connectivity index (χ0n) is 7.60. The minimum absolute atomic E-state index is 0.524. The largest absolute Gasteiger partial charge is 0.408 e. The van der Waals surface area contributed by atoms with E-state index >= 15 is 0 Å². The molecule has 0 atom stereocenters. The Bertz CT molecular complexity index is 321. The highest BCUT2D eigenvalue weighted by molar-refractivity contribution is 6.64. The van der Waals surface area contributed by atoms with Gasteiger partial charge < -0.3 is 4.74 Å². The summed E-state index contributed by atoms with van der Waals surface area (Å²) in [5, 5.41) is 0.705. The van der Waals surface area contributed by atoms with Gasteiger partial charge in [0.25, 0.3) is 0 Å². The Morgan fingerprint density at radius 1 is 1.23 bits per heavy atom. The van der Waals surface area contributed by atoms with E-state index in [1.807, 2.05) is 0 Å². The average Bonchev–Trinajstić information content (AvgIpc) is 2.08. The van der Waals surface area contributed by atoms with Crippen LogP contribution in [0.4, 0.5) is 0 Å². The van der Waals surface area contributed by atoms with Crippen LogP contribution in [-0.2, 0) is 0 Å². The van der Waals surface area contributed by atoms with Crippen molar-refractivity contribution < 1.29 is 4.74 Å². The first-order valence-electron chi connectivity index (χ1n) is 3.92. The van der Waals surface area contributed by atoms with Gasteiger partial charge >= 0.3 is 0 Å². The summed E-state index contributed by atoms with van der Waals surface area (Å²) >= 11 is 5.71. The molecule has 0 aliphatic carbocycles. The molecule has 13 heavy (non-hydrogen) atoms. The Hall–Kier alpha value is -0.913. The summed E-state index contributed by atoms with van der Waals surface area (Å²) in [5.74, 6) is 0.736. The molecule has 1 radical (unpaired) electrons. The van der Waals surface area contributed by atoms with E-state index < -0.39 is 8.80 Å². The van der Waals surface area contributed by atoms with Gasteiger partial charge in [0.1, 0.15) is 20.7 Å². The van der Waals surface area contributed by atoms with Crippen LogP contribution >= 0.6 is 11.6 Å². The highest BCUT2D eigenvalue weighted by Gasteiger charge is 1.91. The summed E-state index contributed by atoms with van der Waals surface area (Å²) in [6.07, 6.45) is 2.67. The normalized spacial score (nSPS) is 9.23. The lowest BCUT2D eigenvalue weighted by atomic mass is 10.3. The highest BCUT2D eigenvalue weighted by atomic mass is 35.5. The number of rotatable bonds is 1. The second-order valence-corrected chi connectivity index (χ2v) is 5.47. The van der Waals surface area contributed by atoms with Gasteiger partial charge in [0.2, 0.25) is 0 Å². The van der Waals surface area contributed by atoms with Crippen LogP contribution in [0.5, 0.6) is 5.75 Å². The monoisotopic (exact) mass is 209 g/mol. The molecule has 0 aliphatic heterocycles. The van der Waals surface area contributed by atoms with Crippen molar-refractivity contribution in [1.82, 2.24) is 0 Å². The molecular formula is C10H10ClOSi. The van der Waals surface area contributed by atoms with Crippen molar-refractivity contribution in [3.63, 3.8) is 0 Å². The zero-order chi connectivity index (χ0) is 9.68. The van der Waals surface area contributed by atoms with Crippen LogP contribution in [0.1, 0.15) is 0 Å². The molecule has 0 saturated heterocycles. The molecule has 0 aliphatic rings. The van der Waals surface area contributed by atoms with Crippen LogP contribution in [0, 0.1) is 11.7 Å². The van der Waals surface area contributed by atoms with Crippen LogP contribution in [0.15, 0.2) is 24.3 Å². The minimum atomic E-state index is -0.524. The first-order chi connectivity index (χ1) is 6.18. The first kappa shape index (κ1) is 10.2. The van der Waals surface area contributed by atoms with Crippen molar-refractivity contribution >= 4 is 20.4 Å². The summed E-state index contributed by atoms with van der Waals surface area (Å²) in [6.45, 7) is 4.23. The predicted octanol–water partition coefficient (Wildman–Crippen LogP) is 2.97. The third-order valence-corrected chi connectivity index (χ3v) is 2.14. The lowest BCUT2D eigenvalue weighted by Gasteiger charge is -1.95. The van der Waals surface area contributed by atoms with Gasteiger partial charge in [-0.15, -0.1) is 0 Å². The molecule has 67 valence electrons. The number of hydrogen-bond acceptors (Lipinski definition) is 1. The van der Waals surface area contributed by atoms with Gasteiger partial charge in [0.15, 0.2) is 0 Å². The number of benzene rings is 1. The molecule has 0 saturated carbocycles. The maximum absolute atomic E-state index is 5.71. The number of halogens is 1. The van der Waals surface area contributed by atoms with E-state index in [4.69, 9.17) is 16.3 Å². The third kappa shape index (κ3) is 4.02. The Balaban J connectivity index is 2.57. The SMILES string of the molecule is C[Si](C)C#COc1ccc(Cl)cc1. The lowest BCUT2D eigenvalue weighted by Crippen LogP contribution is -1.94. The minimum Gasteiger partial charge on any atom is -0.408 e. The summed E-state index contributed by atoms with van der Waals surface area (Å²) < 4.78 is 5.18. The summed E-state index contributed by atoms with van der Waals surface area (Å²) in [7, 11) is -0.524. The van der Waals surface area contributed by atoms with Crippen molar-refractivity contribution in [3.05, 3.63) is 29.3 Å². The van der Waals surface area contributed by atoms with Crippen LogP contribution in [0.2, 0.25) is 18.1 Å². The van der Waals surface area contributed by atoms with Crippen molar-refractivity contribution in [2.24, 2.45) is 0 Å². The molecular weight excluding hydrogens is 200 g/mol. The second-order valence-electron chi connectivity index (χ2n) is 2.78. The molecule has 0 fully saturated rings. The molecule has 3 heteroatoms. The maximum Gasteiger partial charge on any atom is 0.142 e. The Labute approximate surface area is 85.3 Å². The number of hydrogen-bond donors (Lipinski definition) is 0.